The van der Waals surface area contributed by atoms with Gasteiger partial charge in [0.05, 0.1) is 6.10 Å². The van der Waals surface area contributed by atoms with Gasteiger partial charge < -0.3 is 5.11 Å². The summed E-state index contributed by atoms with van der Waals surface area (Å²) >= 11 is 0. The second-order valence-corrected chi connectivity index (χ2v) is 3.65. The van der Waals surface area contributed by atoms with Crippen LogP contribution in [0.3, 0.4) is 0 Å². The first-order chi connectivity index (χ1) is 5.70. The SMILES string of the molecule is Cc1ccc(C)c2c1CC[C@H]2O. The molecule has 0 saturated heterocycles. The molecule has 12 heavy (non-hydrogen) atoms. The Bertz CT molecular complexity index is 315. The molecule has 1 nitrogen and oxygen atoms in total. The van der Waals surface area contributed by atoms with Gasteiger partial charge in [0.25, 0.3) is 0 Å². The Kier molecular flexibility index (Phi) is 1.69. The Labute approximate surface area is 73.0 Å². The zero-order valence-electron chi connectivity index (χ0n) is 7.59. The molecule has 1 aromatic rings. The Hall–Kier alpha value is -0.820. The largest absolute Gasteiger partial charge is 0.388 e. The normalized spacial score (nSPS) is 21.1. The lowest BCUT2D eigenvalue weighted by atomic mass is 9.99. The number of aliphatic hydroxyl groups is 1. The first-order valence-corrected chi connectivity index (χ1v) is 4.47. The highest BCUT2D eigenvalue weighted by molar-refractivity contribution is 5.44. The fourth-order valence-electron chi connectivity index (χ4n) is 2.11. The van der Waals surface area contributed by atoms with E-state index in [1.807, 2.05) is 0 Å². The van der Waals surface area contributed by atoms with E-state index in [0.29, 0.717) is 0 Å². The predicted molar refractivity (Wildman–Crippen MR) is 49.2 cm³/mol. The number of aryl methyl sites for hydroxylation is 2. The van der Waals surface area contributed by atoms with Crippen molar-refractivity contribution in [1.29, 1.82) is 0 Å². The molecule has 0 saturated carbocycles. The zero-order chi connectivity index (χ0) is 8.72. The number of hydrogen-bond acceptors (Lipinski definition) is 1. The number of benzene rings is 1. The highest BCUT2D eigenvalue weighted by atomic mass is 16.3. The van der Waals surface area contributed by atoms with Crippen LogP contribution in [0, 0.1) is 13.8 Å². The highest BCUT2D eigenvalue weighted by Crippen LogP contribution is 2.35. The fraction of sp³-hybridized carbons (Fsp3) is 0.455. The zero-order valence-corrected chi connectivity index (χ0v) is 7.59. The van der Waals surface area contributed by atoms with Crippen LogP contribution in [-0.2, 0) is 6.42 Å². The molecule has 1 heteroatoms. The van der Waals surface area contributed by atoms with Gasteiger partial charge in [-0.05, 0) is 48.9 Å². The molecule has 0 bridgehead atoms. The van der Waals surface area contributed by atoms with Crippen molar-refractivity contribution in [2.24, 2.45) is 0 Å². The average molecular weight is 162 g/mol. The van der Waals surface area contributed by atoms with E-state index in [1.165, 1.54) is 22.3 Å². The van der Waals surface area contributed by atoms with Gasteiger partial charge in [-0.15, -0.1) is 0 Å². The van der Waals surface area contributed by atoms with E-state index in [1.54, 1.807) is 0 Å². The van der Waals surface area contributed by atoms with Crippen molar-refractivity contribution < 1.29 is 5.11 Å². The van der Waals surface area contributed by atoms with Gasteiger partial charge in [-0.2, -0.15) is 0 Å². The predicted octanol–water partition coefficient (Wildman–Crippen LogP) is 2.28. The molecule has 1 aromatic carbocycles. The van der Waals surface area contributed by atoms with E-state index in [0.717, 1.165) is 12.8 Å². The Balaban J connectivity index is 2.64. The van der Waals surface area contributed by atoms with Gasteiger partial charge in [0.15, 0.2) is 0 Å². The van der Waals surface area contributed by atoms with Crippen molar-refractivity contribution >= 4 is 0 Å². The van der Waals surface area contributed by atoms with Crippen molar-refractivity contribution in [2.75, 3.05) is 0 Å². The van der Waals surface area contributed by atoms with Gasteiger partial charge in [-0.3, -0.25) is 0 Å². The third kappa shape index (κ3) is 0.969. The topological polar surface area (TPSA) is 20.2 Å². The Morgan fingerprint density at radius 1 is 1.25 bits per heavy atom. The van der Waals surface area contributed by atoms with Crippen LogP contribution in [0.4, 0.5) is 0 Å². The minimum atomic E-state index is -0.208. The molecule has 2 rings (SSSR count). The minimum absolute atomic E-state index is 0.208. The highest BCUT2D eigenvalue weighted by Gasteiger charge is 2.22. The summed E-state index contributed by atoms with van der Waals surface area (Å²) in [5, 5.41) is 9.69. The quantitative estimate of drug-likeness (QED) is 0.620. The minimum Gasteiger partial charge on any atom is -0.388 e. The Morgan fingerprint density at radius 2 is 1.92 bits per heavy atom. The van der Waals surface area contributed by atoms with Crippen molar-refractivity contribution in [1.82, 2.24) is 0 Å². The van der Waals surface area contributed by atoms with Crippen molar-refractivity contribution in [2.45, 2.75) is 32.8 Å². The number of fused-ring (bicyclic) bond motifs is 1. The molecule has 64 valence electrons. The summed E-state index contributed by atoms with van der Waals surface area (Å²) in [5.41, 5.74) is 5.13. The first kappa shape index (κ1) is 7.81. The molecule has 0 heterocycles. The summed E-state index contributed by atoms with van der Waals surface area (Å²) in [5.74, 6) is 0. The summed E-state index contributed by atoms with van der Waals surface area (Å²) in [4.78, 5) is 0. The number of hydrogen-bond donors (Lipinski definition) is 1. The summed E-state index contributed by atoms with van der Waals surface area (Å²) in [6.07, 6.45) is 1.74. The van der Waals surface area contributed by atoms with E-state index in [4.69, 9.17) is 0 Å². The van der Waals surface area contributed by atoms with Gasteiger partial charge >= 0.3 is 0 Å². The van der Waals surface area contributed by atoms with Crippen LogP contribution in [0.2, 0.25) is 0 Å². The number of rotatable bonds is 0. The molecule has 0 aromatic heterocycles. The smallest absolute Gasteiger partial charge is 0.0798 e. The average Bonchev–Trinajstić information content (AvgIpc) is 2.42. The third-order valence-electron chi connectivity index (χ3n) is 2.81. The maximum absolute atomic E-state index is 9.69. The van der Waals surface area contributed by atoms with Gasteiger partial charge in [0.1, 0.15) is 0 Å². The van der Waals surface area contributed by atoms with Crippen LogP contribution in [0.25, 0.3) is 0 Å². The molecule has 1 atom stereocenters. The molecule has 1 aliphatic carbocycles. The van der Waals surface area contributed by atoms with E-state index in [9.17, 15) is 5.11 Å². The maximum atomic E-state index is 9.69. The molecule has 0 unspecified atom stereocenters. The molecule has 1 aliphatic rings. The lowest BCUT2D eigenvalue weighted by molar-refractivity contribution is 0.179. The second kappa shape index (κ2) is 2.60. The first-order valence-electron chi connectivity index (χ1n) is 4.47. The van der Waals surface area contributed by atoms with Crippen LogP contribution >= 0.6 is 0 Å². The lowest BCUT2D eigenvalue weighted by Gasteiger charge is -2.09. The molecule has 1 N–H and O–H groups in total. The van der Waals surface area contributed by atoms with Gasteiger partial charge in [0, 0.05) is 0 Å². The molecule has 0 fully saturated rings. The van der Waals surface area contributed by atoms with Gasteiger partial charge in [-0.1, -0.05) is 12.1 Å². The molecular weight excluding hydrogens is 148 g/mol. The molecule has 0 aliphatic heterocycles. The lowest BCUT2D eigenvalue weighted by Crippen LogP contribution is -1.95. The van der Waals surface area contributed by atoms with Crippen LogP contribution in [0.5, 0.6) is 0 Å². The van der Waals surface area contributed by atoms with Crippen molar-refractivity contribution in [3.63, 3.8) is 0 Å². The molecule has 0 amide bonds. The van der Waals surface area contributed by atoms with Crippen molar-refractivity contribution in [3.8, 4) is 0 Å². The van der Waals surface area contributed by atoms with E-state index in [2.05, 4.69) is 26.0 Å². The van der Waals surface area contributed by atoms with Gasteiger partial charge in [0.2, 0.25) is 0 Å². The summed E-state index contributed by atoms with van der Waals surface area (Å²) < 4.78 is 0. The van der Waals surface area contributed by atoms with E-state index >= 15 is 0 Å². The summed E-state index contributed by atoms with van der Waals surface area (Å²) in [6.45, 7) is 4.20. The maximum Gasteiger partial charge on any atom is 0.0798 e. The number of aliphatic hydroxyl groups excluding tert-OH is 1. The van der Waals surface area contributed by atoms with Gasteiger partial charge in [-0.25, -0.2) is 0 Å². The third-order valence-corrected chi connectivity index (χ3v) is 2.81. The second-order valence-electron chi connectivity index (χ2n) is 3.65. The van der Waals surface area contributed by atoms with Crippen LogP contribution in [0.15, 0.2) is 12.1 Å². The van der Waals surface area contributed by atoms with E-state index < -0.39 is 0 Å². The van der Waals surface area contributed by atoms with E-state index in [-0.39, 0.29) is 6.10 Å². The van der Waals surface area contributed by atoms with Crippen molar-refractivity contribution in [3.05, 3.63) is 34.4 Å². The summed E-state index contributed by atoms with van der Waals surface area (Å²) in [7, 11) is 0. The van der Waals surface area contributed by atoms with Crippen LogP contribution in [0.1, 0.15) is 34.8 Å². The molecule has 0 radical (unpaired) electrons. The summed E-state index contributed by atoms with van der Waals surface area (Å²) in [6, 6.07) is 4.24. The standard InChI is InChI=1S/C11H14O/c1-7-3-4-8(2)11-9(7)5-6-10(11)12/h3-4,10,12H,5-6H2,1-2H3/t10-/m1/s1. The van der Waals surface area contributed by atoms with Crippen LogP contribution in [-0.4, -0.2) is 5.11 Å². The molecule has 0 spiro atoms. The molecular formula is C11H14O. The Morgan fingerprint density at radius 3 is 2.58 bits per heavy atom. The monoisotopic (exact) mass is 162 g/mol. The van der Waals surface area contributed by atoms with Crippen LogP contribution < -0.4 is 0 Å². The fourth-order valence-corrected chi connectivity index (χ4v) is 2.11.